The summed E-state index contributed by atoms with van der Waals surface area (Å²) in [5.74, 6) is 0. The molecule has 0 saturated carbocycles. The van der Waals surface area contributed by atoms with Crippen molar-refractivity contribution in [3.05, 3.63) is 59.5 Å². The first-order valence-corrected chi connectivity index (χ1v) is 5.29. The summed E-state index contributed by atoms with van der Waals surface area (Å²) >= 11 is 0. The summed E-state index contributed by atoms with van der Waals surface area (Å²) in [4.78, 5) is 0. The molecule has 2 N–H and O–H groups in total. The van der Waals surface area contributed by atoms with Crippen LogP contribution in [0.3, 0.4) is 0 Å². The van der Waals surface area contributed by atoms with Gasteiger partial charge < -0.3 is 14.8 Å². The maximum Gasteiger partial charge on any atom is 0.0947 e. The summed E-state index contributed by atoms with van der Waals surface area (Å²) in [6.07, 6.45) is 3.39. The van der Waals surface area contributed by atoms with Gasteiger partial charge in [-0.2, -0.15) is 0 Å². The third-order valence-corrected chi connectivity index (χ3v) is 2.51. The Morgan fingerprint density at radius 1 is 1.06 bits per heavy atom. The molecule has 1 aromatic heterocycles. The van der Waals surface area contributed by atoms with Gasteiger partial charge in [0.05, 0.1) is 19.1 Å². The van der Waals surface area contributed by atoms with Crippen molar-refractivity contribution >= 4 is 0 Å². The van der Waals surface area contributed by atoms with E-state index in [1.165, 1.54) is 0 Å². The number of hydrogen-bond donors (Lipinski definition) is 2. The molecule has 84 valence electrons. The van der Waals surface area contributed by atoms with Crippen LogP contribution in [0.1, 0.15) is 16.7 Å². The standard InChI is InChI=1S/C13H15NO2/c15-9-13-4-2-1-3-12(13)8-14-7-11-5-6-16-10-11/h1-6,10,14-15H,7-9H2. The smallest absolute Gasteiger partial charge is 0.0947 e. The number of rotatable bonds is 5. The minimum Gasteiger partial charge on any atom is -0.472 e. The highest BCUT2D eigenvalue weighted by atomic mass is 16.3. The number of aliphatic hydroxyl groups excluding tert-OH is 1. The summed E-state index contributed by atoms with van der Waals surface area (Å²) in [5, 5.41) is 12.5. The van der Waals surface area contributed by atoms with E-state index in [1.54, 1.807) is 12.5 Å². The Labute approximate surface area is 94.7 Å². The van der Waals surface area contributed by atoms with Crippen LogP contribution < -0.4 is 5.32 Å². The molecule has 1 heterocycles. The normalized spacial score (nSPS) is 10.6. The van der Waals surface area contributed by atoms with E-state index in [1.807, 2.05) is 30.3 Å². The van der Waals surface area contributed by atoms with Crippen LogP contribution >= 0.6 is 0 Å². The zero-order chi connectivity index (χ0) is 11.2. The van der Waals surface area contributed by atoms with Gasteiger partial charge in [-0.05, 0) is 17.2 Å². The summed E-state index contributed by atoms with van der Waals surface area (Å²) < 4.78 is 4.98. The Kier molecular flexibility index (Phi) is 3.75. The first kappa shape index (κ1) is 10.9. The number of aliphatic hydroxyl groups is 1. The van der Waals surface area contributed by atoms with Crippen molar-refractivity contribution in [1.29, 1.82) is 0 Å². The zero-order valence-electron chi connectivity index (χ0n) is 9.02. The molecule has 0 spiro atoms. The van der Waals surface area contributed by atoms with Gasteiger partial charge >= 0.3 is 0 Å². The summed E-state index contributed by atoms with van der Waals surface area (Å²) in [7, 11) is 0. The van der Waals surface area contributed by atoms with Crippen molar-refractivity contribution in [2.75, 3.05) is 0 Å². The highest BCUT2D eigenvalue weighted by Gasteiger charge is 2.00. The minimum atomic E-state index is 0.0869. The highest BCUT2D eigenvalue weighted by molar-refractivity contribution is 5.26. The van der Waals surface area contributed by atoms with Crippen molar-refractivity contribution < 1.29 is 9.52 Å². The van der Waals surface area contributed by atoms with Gasteiger partial charge in [-0.25, -0.2) is 0 Å². The average molecular weight is 217 g/mol. The molecule has 0 bridgehead atoms. The van der Waals surface area contributed by atoms with Crippen LogP contribution in [0.5, 0.6) is 0 Å². The van der Waals surface area contributed by atoms with Gasteiger partial charge in [0.25, 0.3) is 0 Å². The maximum atomic E-state index is 9.16. The summed E-state index contributed by atoms with van der Waals surface area (Å²) in [6.45, 7) is 1.61. The SMILES string of the molecule is OCc1ccccc1CNCc1ccoc1. The second-order valence-electron chi connectivity index (χ2n) is 3.66. The molecule has 0 aliphatic carbocycles. The summed E-state index contributed by atoms with van der Waals surface area (Å²) in [5.41, 5.74) is 3.23. The minimum absolute atomic E-state index is 0.0869. The zero-order valence-corrected chi connectivity index (χ0v) is 9.02. The fourth-order valence-corrected chi connectivity index (χ4v) is 1.62. The van der Waals surface area contributed by atoms with Crippen LogP contribution in [-0.4, -0.2) is 5.11 Å². The lowest BCUT2D eigenvalue weighted by Gasteiger charge is -2.07. The third kappa shape index (κ3) is 2.72. The van der Waals surface area contributed by atoms with Crippen LogP contribution in [0.15, 0.2) is 47.3 Å². The van der Waals surface area contributed by atoms with Crippen molar-refractivity contribution in [3.63, 3.8) is 0 Å². The molecule has 0 saturated heterocycles. The molecule has 0 atom stereocenters. The molecule has 1 aromatic carbocycles. The Bertz CT molecular complexity index is 423. The second-order valence-corrected chi connectivity index (χ2v) is 3.66. The highest BCUT2D eigenvalue weighted by Crippen LogP contribution is 2.08. The molecule has 2 aromatic rings. The van der Waals surface area contributed by atoms with Crippen LogP contribution in [-0.2, 0) is 19.7 Å². The first-order chi connectivity index (χ1) is 7.90. The Morgan fingerprint density at radius 3 is 2.56 bits per heavy atom. The fourth-order valence-electron chi connectivity index (χ4n) is 1.62. The maximum absolute atomic E-state index is 9.16. The molecule has 0 fully saturated rings. The predicted molar refractivity (Wildman–Crippen MR) is 61.6 cm³/mol. The Morgan fingerprint density at radius 2 is 1.88 bits per heavy atom. The van der Waals surface area contributed by atoms with Crippen LogP contribution in [0.4, 0.5) is 0 Å². The van der Waals surface area contributed by atoms with Gasteiger partial charge in [0, 0.05) is 18.7 Å². The van der Waals surface area contributed by atoms with Crippen molar-refractivity contribution in [1.82, 2.24) is 5.32 Å². The third-order valence-electron chi connectivity index (χ3n) is 2.51. The number of furan rings is 1. The van der Waals surface area contributed by atoms with Gasteiger partial charge in [0.15, 0.2) is 0 Å². The molecular formula is C13H15NO2. The number of benzene rings is 1. The Balaban J connectivity index is 1.89. The van der Waals surface area contributed by atoms with E-state index in [0.29, 0.717) is 0 Å². The van der Waals surface area contributed by atoms with E-state index in [9.17, 15) is 0 Å². The van der Waals surface area contributed by atoms with E-state index in [-0.39, 0.29) is 6.61 Å². The van der Waals surface area contributed by atoms with Gasteiger partial charge in [-0.1, -0.05) is 24.3 Å². The quantitative estimate of drug-likeness (QED) is 0.805. The van der Waals surface area contributed by atoms with Crippen LogP contribution in [0.2, 0.25) is 0 Å². The molecule has 16 heavy (non-hydrogen) atoms. The topological polar surface area (TPSA) is 45.4 Å². The van der Waals surface area contributed by atoms with E-state index in [4.69, 9.17) is 9.52 Å². The van der Waals surface area contributed by atoms with Gasteiger partial charge in [0.1, 0.15) is 0 Å². The molecule has 0 amide bonds. The predicted octanol–water partition coefficient (Wildman–Crippen LogP) is 2.06. The molecule has 3 heteroatoms. The lowest BCUT2D eigenvalue weighted by atomic mass is 10.1. The van der Waals surface area contributed by atoms with Crippen molar-refractivity contribution in [2.24, 2.45) is 0 Å². The molecule has 0 radical (unpaired) electrons. The van der Waals surface area contributed by atoms with E-state index >= 15 is 0 Å². The first-order valence-electron chi connectivity index (χ1n) is 5.29. The van der Waals surface area contributed by atoms with Crippen molar-refractivity contribution in [2.45, 2.75) is 19.7 Å². The molecule has 0 aliphatic heterocycles. The molecule has 2 rings (SSSR count). The molecular weight excluding hydrogens is 202 g/mol. The second kappa shape index (κ2) is 5.49. The lowest BCUT2D eigenvalue weighted by Crippen LogP contribution is -2.13. The molecule has 3 nitrogen and oxygen atoms in total. The van der Waals surface area contributed by atoms with Gasteiger partial charge in [-0.15, -0.1) is 0 Å². The van der Waals surface area contributed by atoms with Crippen LogP contribution in [0.25, 0.3) is 0 Å². The largest absolute Gasteiger partial charge is 0.472 e. The van der Waals surface area contributed by atoms with Crippen LogP contribution in [0, 0.1) is 0 Å². The lowest BCUT2D eigenvalue weighted by molar-refractivity contribution is 0.280. The number of hydrogen-bond acceptors (Lipinski definition) is 3. The summed E-state index contributed by atoms with van der Waals surface area (Å²) in [6, 6.07) is 9.81. The molecule has 0 unspecified atom stereocenters. The van der Waals surface area contributed by atoms with Gasteiger partial charge in [0.2, 0.25) is 0 Å². The molecule has 0 aliphatic rings. The Hall–Kier alpha value is -1.58. The van der Waals surface area contributed by atoms with E-state index in [0.717, 1.165) is 29.8 Å². The fraction of sp³-hybridized carbons (Fsp3) is 0.231. The van der Waals surface area contributed by atoms with Gasteiger partial charge in [-0.3, -0.25) is 0 Å². The number of nitrogens with one attached hydrogen (secondary N) is 1. The van der Waals surface area contributed by atoms with E-state index < -0.39 is 0 Å². The monoisotopic (exact) mass is 217 g/mol. The average Bonchev–Trinajstić information content (AvgIpc) is 2.83. The van der Waals surface area contributed by atoms with Crippen molar-refractivity contribution in [3.8, 4) is 0 Å². The van der Waals surface area contributed by atoms with E-state index in [2.05, 4.69) is 5.32 Å².